The van der Waals surface area contributed by atoms with Crippen LogP contribution in [0.5, 0.6) is 0 Å². The number of hydrogen-bond donors (Lipinski definition) is 1. The number of hydrogen-bond acceptors (Lipinski definition) is 5. The summed E-state index contributed by atoms with van der Waals surface area (Å²) >= 11 is 0. The SMILES string of the molecule is CS(=O)(=O)N(c1cccc(C2CC(N)C2)c1)S(C)(=O)=O. The highest BCUT2D eigenvalue weighted by Gasteiger charge is 2.30. The third-order valence-electron chi connectivity index (χ3n) is 3.33. The van der Waals surface area contributed by atoms with Gasteiger partial charge >= 0.3 is 0 Å². The Morgan fingerprint density at radius 2 is 1.65 bits per heavy atom. The molecular weight excluding hydrogens is 300 g/mol. The van der Waals surface area contributed by atoms with E-state index in [0.29, 0.717) is 3.71 Å². The molecule has 0 amide bonds. The molecule has 1 saturated carbocycles. The first-order valence-electron chi connectivity index (χ1n) is 6.15. The van der Waals surface area contributed by atoms with Gasteiger partial charge in [0.25, 0.3) is 0 Å². The Balaban J connectivity index is 2.43. The molecule has 1 aliphatic rings. The van der Waals surface area contributed by atoms with E-state index >= 15 is 0 Å². The molecule has 0 spiro atoms. The molecule has 1 aromatic rings. The summed E-state index contributed by atoms with van der Waals surface area (Å²) in [5, 5.41) is 0. The van der Waals surface area contributed by atoms with Crippen molar-refractivity contribution in [2.24, 2.45) is 5.73 Å². The van der Waals surface area contributed by atoms with E-state index < -0.39 is 20.0 Å². The van der Waals surface area contributed by atoms with Crippen LogP contribution in [-0.4, -0.2) is 35.4 Å². The van der Waals surface area contributed by atoms with Gasteiger partial charge in [-0.15, -0.1) is 0 Å². The summed E-state index contributed by atoms with van der Waals surface area (Å²) in [6.07, 6.45) is 3.42. The molecule has 2 N–H and O–H groups in total. The maximum atomic E-state index is 11.7. The number of nitrogens with two attached hydrogens (primary N) is 1. The zero-order chi connectivity index (χ0) is 15.1. The highest BCUT2D eigenvalue weighted by atomic mass is 32.3. The predicted molar refractivity (Wildman–Crippen MR) is 78.6 cm³/mol. The van der Waals surface area contributed by atoms with Gasteiger partial charge in [-0.05, 0) is 36.5 Å². The molecular formula is C12H18N2O4S2. The molecule has 0 aromatic heterocycles. The van der Waals surface area contributed by atoms with Crippen LogP contribution in [0.1, 0.15) is 24.3 Å². The van der Waals surface area contributed by atoms with Crippen molar-refractivity contribution in [3.63, 3.8) is 0 Å². The molecule has 1 aliphatic carbocycles. The Kier molecular flexibility index (Phi) is 3.83. The molecule has 0 aliphatic heterocycles. The van der Waals surface area contributed by atoms with Gasteiger partial charge in [-0.2, -0.15) is 3.71 Å². The minimum atomic E-state index is -3.90. The largest absolute Gasteiger partial charge is 0.328 e. The summed E-state index contributed by atoms with van der Waals surface area (Å²) in [4.78, 5) is 0. The molecule has 2 rings (SSSR count). The van der Waals surface area contributed by atoms with Crippen molar-refractivity contribution in [2.75, 3.05) is 16.2 Å². The summed E-state index contributed by atoms with van der Waals surface area (Å²) in [6.45, 7) is 0. The van der Waals surface area contributed by atoms with E-state index in [1.54, 1.807) is 12.1 Å². The molecule has 6 nitrogen and oxygen atoms in total. The van der Waals surface area contributed by atoms with Crippen LogP contribution in [0.3, 0.4) is 0 Å². The average Bonchev–Trinajstić information content (AvgIpc) is 2.21. The van der Waals surface area contributed by atoms with Gasteiger partial charge in [0, 0.05) is 6.04 Å². The Morgan fingerprint density at radius 1 is 1.10 bits per heavy atom. The third kappa shape index (κ3) is 3.13. The van der Waals surface area contributed by atoms with Crippen LogP contribution >= 0.6 is 0 Å². The summed E-state index contributed by atoms with van der Waals surface area (Å²) < 4.78 is 47.3. The lowest BCUT2D eigenvalue weighted by atomic mass is 9.76. The number of sulfonamides is 2. The van der Waals surface area contributed by atoms with Gasteiger partial charge in [-0.25, -0.2) is 16.8 Å². The summed E-state index contributed by atoms with van der Waals surface area (Å²) in [7, 11) is -7.79. The molecule has 0 heterocycles. The van der Waals surface area contributed by atoms with Gasteiger partial charge in [0.15, 0.2) is 0 Å². The Hall–Kier alpha value is -1.12. The fraction of sp³-hybridized carbons (Fsp3) is 0.500. The Bertz CT molecular complexity index is 675. The molecule has 20 heavy (non-hydrogen) atoms. The lowest BCUT2D eigenvalue weighted by Gasteiger charge is -2.33. The lowest BCUT2D eigenvalue weighted by Crippen LogP contribution is -2.36. The first-order valence-corrected chi connectivity index (χ1v) is 9.84. The van der Waals surface area contributed by atoms with E-state index in [4.69, 9.17) is 5.73 Å². The first kappa shape index (κ1) is 15.3. The van der Waals surface area contributed by atoms with Gasteiger partial charge in [-0.1, -0.05) is 12.1 Å². The van der Waals surface area contributed by atoms with Crippen molar-refractivity contribution in [3.05, 3.63) is 29.8 Å². The molecule has 1 fully saturated rings. The maximum Gasteiger partial charge on any atom is 0.245 e. The lowest BCUT2D eigenvalue weighted by molar-refractivity contribution is 0.351. The highest BCUT2D eigenvalue weighted by molar-refractivity contribution is 8.09. The van der Waals surface area contributed by atoms with Crippen molar-refractivity contribution in [2.45, 2.75) is 24.8 Å². The molecule has 1 aromatic carbocycles. The molecule has 0 atom stereocenters. The van der Waals surface area contributed by atoms with Gasteiger partial charge in [-0.3, -0.25) is 0 Å². The van der Waals surface area contributed by atoms with E-state index in [1.165, 1.54) is 6.07 Å². The van der Waals surface area contributed by atoms with Crippen LogP contribution in [0.4, 0.5) is 5.69 Å². The predicted octanol–water partition coefficient (Wildman–Crippen LogP) is 0.617. The van der Waals surface area contributed by atoms with E-state index in [1.807, 2.05) is 6.07 Å². The normalized spacial score (nSPS) is 23.1. The Labute approximate surface area is 119 Å². The molecule has 0 bridgehead atoms. The first-order chi connectivity index (χ1) is 9.09. The average molecular weight is 318 g/mol. The van der Waals surface area contributed by atoms with Crippen molar-refractivity contribution in [1.82, 2.24) is 0 Å². The van der Waals surface area contributed by atoms with E-state index in [9.17, 15) is 16.8 Å². The maximum absolute atomic E-state index is 11.7. The molecule has 112 valence electrons. The van der Waals surface area contributed by atoms with Crippen molar-refractivity contribution < 1.29 is 16.8 Å². The van der Waals surface area contributed by atoms with Crippen LogP contribution in [0, 0.1) is 0 Å². The quantitative estimate of drug-likeness (QED) is 0.877. The second-order valence-electron chi connectivity index (χ2n) is 5.25. The summed E-state index contributed by atoms with van der Waals surface area (Å²) in [5.41, 5.74) is 6.80. The fourth-order valence-electron chi connectivity index (χ4n) is 2.46. The minimum Gasteiger partial charge on any atom is -0.328 e. The monoisotopic (exact) mass is 318 g/mol. The van der Waals surface area contributed by atoms with Crippen LogP contribution in [0.25, 0.3) is 0 Å². The smallest absolute Gasteiger partial charge is 0.245 e. The third-order valence-corrected chi connectivity index (χ3v) is 6.58. The molecule has 8 heteroatoms. The number of nitrogens with zero attached hydrogens (tertiary/aromatic N) is 1. The zero-order valence-electron chi connectivity index (χ0n) is 11.4. The second-order valence-corrected chi connectivity index (χ2v) is 9.14. The number of benzene rings is 1. The standard InChI is InChI=1S/C12H18N2O4S2/c1-19(15,16)14(20(2,17)18)12-5-3-4-9(8-12)10-6-11(13)7-10/h3-5,8,10-11H,6-7,13H2,1-2H3. The van der Waals surface area contributed by atoms with Crippen molar-refractivity contribution in [1.29, 1.82) is 0 Å². The second kappa shape index (κ2) is 5.01. The Morgan fingerprint density at radius 3 is 2.10 bits per heavy atom. The fourth-order valence-corrected chi connectivity index (χ4v) is 5.42. The molecule has 0 radical (unpaired) electrons. The van der Waals surface area contributed by atoms with Gasteiger partial charge < -0.3 is 5.73 Å². The van der Waals surface area contributed by atoms with Crippen LogP contribution in [-0.2, 0) is 20.0 Å². The summed E-state index contributed by atoms with van der Waals surface area (Å²) in [5.74, 6) is 0.269. The molecule has 0 saturated heterocycles. The van der Waals surface area contributed by atoms with Crippen LogP contribution in [0.15, 0.2) is 24.3 Å². The van der Waals surface area contributed by atoms with Crippen molar-refractivity contribution >= 4 is 25.7 Å². The van der Waals surface area contributed by atoms with Crippen LogP contribution in [0.2, 0.25) is 0 Å². The number of anilines is 1. The van der Waals surface area contributed by atoms with Gasteiger partial charge in [0.05, 0.1) is 18.2 Å². The van der Waals surface area contributed by atoms with E-state index in [0.717, 1.165) is 30.9 Å². The van der Waals surface area contributed by atoms with Gasteiger partial charge in [0.1, 0.15) is 0 Å². The van der Waals surface area contributed by atoms with E-state index in [2.05, 4.69) is 0 Å². The van der Waals surface area contributed by atoms with Crippen LogP contribution < -0.4 is 9.44 Å². The van der Waals surface area contributed by atoms with Gasteiger partial charge in [0.2, 0.25) is 20.0 Å². The molecule has 0 unspecified atom stereocenters. The topological polar surface area (TPSA) is 97.5 Å². The number of rotatable bonds is 4. The van der Waals surface area contributed by atoms with Crippen molar-refractivity contribution in [3.8, 4) is 0 Å². The minimum absolute atomic E-state index is 0.146. The summed E-state index contributed by atoms with van der Waals surface area (Å²) in [6, 6.07) is 6.79. The zero-order valence-corrected chi connectivity index (χ0v) is 13.0. The van der Waals surface area contributed by atoms with E-state index in [-0.39, 0.29) is 17.6 Å². The highest BCUT2D eigenvalue weighted by Crippen LogP contribution is 2.37.